The van der Waals surface area contributed by atoms with E-state index in [0.29, 0.717) is 6.61 Å². The highest BCUT2D eigenvalue weighted by Gasteiger charge is 2.05. The zero-order valence-corrected chi connectivity index (χ0v) is 9.93. The van der Waals surface area contributed by atoms with Gasteiger partial charge in [-0.1, -0.05) is 22.4 Å². The summed E-state index contributed by atoms with van der Waals surface area (Å²) in [4.78, 5) is 0. The Morgan fingerprint density at radius 2 is 2.00 bits per heavy atom. The van der Waals surface area contributed by atoms with E-state index in [0.717, 1.165) is 23.7 Å². The monoisotopic (exact) mass is 233 g/mol. The molecular weight excluding hydrogens is 218 g/mol. The molecule has 2 rings (SSSR count). The van der Waals surface area contributed by atoms with Gasteiger partial charge in [0.2, 0.25) is 0 Å². The van der Waals surface area contributed by atoms with Crippen LogP contribution in [-0.2, 0) is 13.2 Å². The van der Waals surface area contributed by atoms with Crippen LogP contribution in [0.2, 0.25) is 0 Å². The normalized spacial score (nSPS) is 10.5. The summed E-state index contributed by atoms with van der Waals surface area (Å²) in [6, 6.07) is 7.94. The summed E-state index contributed by atoms with van der Waals surface area (Å²) in [6.07, 6.45) is 0. The molecule has 0 unspecified atom stereocenters. The summed E-state index contributed by atoms with van der Waals surface area (Å²) in [7, 11) is 1.92. The van der Waals surface area contributed by atoms with Gasteiger partial charge in [-0.25, -0.2) is 4.63 Å². The van der Waals surface area contributed by atoms with Crippen LogP contribution in [0, 0.1) is 6.92 Å². The van der Waals surface area contributed by atoms with E-state index in [-0.39, 0.29) is 0 Å². The molecule has 0 atom stereocenters. The molecule has 5 nitrogen and oxygen atoms in total. The van der Waals surface area contributed by atoms with Crippen LogP contribution in [0.4, 0.5) is 0 Å². The smallest absolute Gasteiger partial charge is 0.145 e. The van der Waals surface area contributed by atoms with Gasteiger partial charge in [0, 0.05) is 6.54 Å². The fourth-order valence-electron chi connectivity index (χ4n) is 1.44. The van der Waals surface area contributed by atoms with Gasteiger partial charge in [0.25, 0.3) is 0 Å². The summed E-state index contributed by atoms with van der Waals surface area (Å²) in [6.45, 7) is 3.07. The first-order valence-electron chi connectivity index (χ1n) is 5.44. The quantitative estimate of drug-likeness (QED) is 0.851. The molecule has 90 valence electrons. The summed E-state index contributed by atoms with van der Waals surface area (Å²) in [5.41, 5.74) is 2.71. The Labute approximate surface area is 99.7 Å². The molecule has 0 saturated carbocycles. The molecule has 0 aliphatic heterocycles. The SMILES string of the molecule is CNCc1ccc(OCc2nonc2C)cc1. The van der Waals surface area contributed by atoms with Gasteiger partial charge in [-0.05, 0) is 31.7 Å². The minimum Gasteiger partial charge on any atom is -0.487 e. The molecule has 1 aromatic heterocycles. The van der Waals surface area contributed by atoms with Crippen molar-refractivity contribution in [1.82, 2.24) is 15.6 Å². The largest absolute Gasteiger partial charge is 0.487 e. The van der Waals surface area contributed by atoms with Crippen LogP contribution in [0.3, 0.4) is 0 Å². The van der Waals surface area contributed by atoms with E-state index in [1.165, 1.54) is 5.56 Å². The zero-order chi connectivity index (χ0) is 12.1. The average Bonchev–Trinajstić information content (AvgIpc) is 2.75. The highest BCUT2D eigenvalue weighted by molar-refractivity contribution is 5.27. The van der Waals surface area contributed by atoms with Crippen LogP contribution in [0.25, 0.3) is 0 Å². The van der Waals surface area contributed by atoms with E-state index < -0.39 is 0 Å². The second kappa shape index (κ2) is 5.45. The molecule has 0 aliphatic rings. The second-order valence-corrected chi connectivity index (χ2v) is 3.76. The first-order chi connectivity index (χ1) is 8.29. The van der Waals surface area contributed by atoms with Crippen LogP contribution in [0.5, 0.6) is 5.75 Å². The fourth-order valence-corrected chi connectivity index (χ4v) is 1.44. The van der Waals surface area contributed by atoms with Gasteiger partial charge in [-0.15, -0.1) is 0 Å². The highest BCUT2D eigenvalue weighted by atomic mass is 16.6. The maximum Gasteiger partial charge on any atom is 0.145 e. The minimum absolute atomic E-state index is 0.376. The lowest BCUT2D eigenvalue weighted by Crippen LogP contribution is -2.04. The summed E-state index contributed by atoms with van der Waals surface area (Å²) in [5, 5.41) is 10.5. The number of nitrogens with zero attached hydrogens (tertiary/aromatic N) is 2. The lowest BCUT2D eigenvalue weighted by Gasteiger charge is -2.05. The zero-order valence-electron chi connectivity index (χ0n) is 9.93. The molecule has 0 radical (unpaired) electrons. The van der Waals surface area contributed by atoms with Gasteiger partial charge >= 0.3 is 0 Å². The number of nitrogens with one attached hydrogen (secondary N) is 1. The predicted octanol–water partition coefficient (Wildman–Crippen LogP) is 1.68. The summed E-state index contributed by atoms with van der Waals surface area (Å²) < 4.78 is 10.2. The van der Waals surface area contributed by atoms with Crippen LogP contribution >= 0.6 is 0 Å². The minimum atomic E-state index is 0.376. The Morgan fingerprint density at radius 1 is 1.24 bits per heavy atom. The van der Waals surface area contributed by atoms with Crippen molar-refractivity contribution in [2.24, 2.45) is 0 Å². The molecule has 1 N–H and O–H groups in total. The van der Waals surface area contributed by atoms with Gasteiger partial charge in [-0.3, -0.25) is 0 Å². The number of ether oxygens (including phenoxy) is 1. The van der Waals surface area contributed by atoms with Crippen molar-refractivity contribution in [3.63, 3.8) is 0 Å². The third-order valence-corrected chi connectivity index (χ3v) is 2.43. The lowest BCUT2D eigenvalue weighted by molar-refractivity contribution is 0.270. The predicted molar refractivity (Wildman–Crippen MR) is 62.6 cm³/mol. The Hall–Kier alpha value is -1.88. The highest BCUT2D eigenvalue weighted by Crippen LogP contribution is 2.14. The molecule has 0 saturated heterocycles. The molecule has 0 spiro atoms. The van der Waals surface area contributed by atoms with Crippen molar-refractivity contribution < 1.29 is 9.37 Å². The van der Waals surface area contributed by atoms with Gasteiger partial charge in [0.1, 0.15) is 23.7 Å². The Kier molecular flexibility index (Phi) is 3.72. The van der Waals surface area contributed by atoms with E-state index in [1.807, 2.05) is 38.2 Å². The first kappa shape index (κ1) is 11.6. The van der Waals surface area contributed by atoms with Crippen LogP contribution in [-0.4, -0.2) is 17.4 Å². The molecule has 1 aromatic carbocycles. The van der Waals surface area contributed by atoms with Crippen molar-refractivity contribution >= 4 is 0 Å². The van der Waals surface area contributed by atoms with Crippen molar-refractivity contribution in [1.29, 1.82) is 0 Å². The molecule has 0 bridgehead atoms. The number of benzene rings is 1. The Bertz CT molecular complexity index is 465. The molecule has 5 heteroatoms. The Balaban J connectivity index is 1.93. The van der Waals surface area contributed by atoms with Gasteiger partial charge in [0.15, 0.2) is 0 Å². The van der Waals surface area contributed by atoms with Gasteiger partial charge < -0.3 is 10.1 Å². The van der Waals surface area contributed by atoms with Crippen molar-refractivity contribution in [3.05, 3.63) is 41.2 Å². The lowest BCUT2D eigenvalue weighted by atomic mass is 10.2. The van der Waals surface area contributed by atoms with Crippen molar-refractivity contribution in [2.45, 2.75) is 20.1 Å². The maximum absolute atomic E-state index is 5.58. The molecular formula is C12H15N3O2. The Morgan fingerprint density at radius 3 is 2.59 bits per heavy atom. The fraction of sp³-hybridized carbons (Fsp3) is 0.333. The molecule has 0 amide bonds. The van der Waals surface area contributed by atoms with E-state index in [1.54, 1.807) is 0 Å². The third-order valence-electron chi connectivity index (χ3n) is 2.43. The third kappa shape index (κ3) is 3.04. The number of rotatable bonds is 5. The number of aromatic nitrogens is 2. The number of hydrogen-bond acceptors (Lipinski definition) is 5. The topological polar surface area (TPSA) is 60.2 Å². The average molecular weight is 233 g/mol. The molecule has 0 fully saturated rings. The van der Waals surface area contributed by atoms with E-state index >= 15 is 0 Å². The molecule has 17 heavy (non-hydrogen) atoms. The second-order valence-electron chi connectivity index (χ2n) is 3.76. The van der Waals surface area contributed by atoms with Gasteiger partial charge in [-0.2, -0.15) is 0 Å². The van der Waals surface area contributed by atoms with Crippen LogP contribution < -0.4 is 10.1 Å². The maximum atomic E-state index is 5.58. The standard InChI is InChI=1S/C12H15N3O2/c1-9-12(15-17-14-9)8-16-11-5-3-10(4-6-11)7-13-2/h3-6,13H,7-8H2,1-2H3. The van der Waals surface area contributed by atoms with Crippen LogP contribution in [0.1, 0.15) is 17.0 Å². The molecule has 1 heterocycles. The summed E-state index contributed by atoms with van der Waals surface area (Å²) >= 11 is 0. The first-order valence-corrected chi connectivity index (χ1v) is 5.44. The van der Waals surface area contributed by atoms with E-state index in [4.69, 9.17) is 4.74 Å². The van der Waals surface area contributed by atoms with Crippen molar-refractivity contribution in [2.75, 3.05) is 7.05 Å². The number of aryl methyl sites for hydroxylation is 1. The van der Waals surface area contributed by atoms with Gasteiger partial charge in [0.05, 0.1) is 0 Å². The van der Waals surface area contributed by atoms with E-state index in [2.05, 4.69) is 20.3 Å². The van der Waals surface area contributed by atoms with Crippen LogP contribution in [0.15, 0.2) is 28.9 Å². The van der Waals surface area contributed by atoms with Crippen molar-refractivity contribution in [3.8, 4) is 5.75 Å². The summed E-state index contributed by atoms with van der Waals surface area (Å²) in [5.74, 6) is 0.812. The molecule has 0 aliphatic carbocycles. The van der Waals surface area contributed by atoms with E-state index in [9.17, 15) is 0 Å². The number of hydrogen-bond donors (Lipinski definition) is 1. The molecule has 2 aromatic rings.